The molecule has 3 aliphatic rings. The van der Waals surface area contributed by atoms with E-state index in [4.69, 9.17) is 6.57 Å². The van der Waals surface area contributed by atoms with Gasteiger partial charge in [-0.05, 0) is 56.4 Å². The summed E-state index contributed by atoms with van der Waals surface area (Å²) in [7, 11) is 0. The highest BCUT2D eigenvalue weighted by molar-refractivity contribution is 5.92. The van der Waals surface area contributed by atoms with Crippen molar-refractivity contribution in [3.63, 3.8) is 0 Å². The Labute approximate surface area is 244 Å². The normalized spacial score (nSPS) is 20.3. The number of alkyl halides is 3. The number of hydrogen-bond acceptors (Lipinski definition) is 7. The number of nitrogens with zero attached hydrogens (tertiary/aromatic N) is 5. The number of halogens is 3. The molecule has 3 aliphatic heterocycles. The van der Waals surface area contributed by atoms with E-state index in [1.165, 1.54) is 12.1 Å². The summed E-state index contributed by atoms with van der Waals surface area (Å²) < 4.78 is 40.1. The summed E-state index contributed by atoms with van der Waals surface area (Å²) in [6, 6.07) is 7.48. The Hall–Kier alpha value is -3.40. The molecule has 3 N–H and O–H groups in total. The van der Waals surface area contributed by atoms with Gasteiger partial charge in [0.1, 0.15) is 5.82 Å². The Morgan fingerprint density at radius 1 is 1.05 bits per heavy atom. The highest BCUT2D eigenvalue weighted by Crippen LogP contribution is 2.39. The summed E-state index contributed by atoms with van der Waals surface area (Å²) in [4.78, 5) is 26.8. The Bertz CT molecular complexity index is 1260. The highest BCUT2D eigenvalue weighted by Gasteiger charge is 2.35. The monoisotopic (exact) mass is 585 g/mol. The van der Waals surface area contributed by atoms with Crippen molar-refractivity contribution in [3.8, 4) is 0 Å². The molecule has 4 heterocycles. The van der Waals surface area contributed by atoms with E-state index in [9.17, 15) is 23.1 Å². The van der Waals surface area contributed by atoms with Crippen molar-refractivity contribution >= 4 is 28.8 Å². The van der Waals surface area contributed by atoms with Crippen LogP contribution >= 0.6 is 0 Å². The van der Waals surface area contributed by atoms with Crippen LogP contribution in [0.25, 0.3) is 4.85 Å². The topological polar surface area (TPSA) is 88.3 Å². The average molecular weight is 586 g/mol. The van der Waals surface area contributed by atoms with E-state index < -0.39 is 23.0 Å². The van der Waals surface area contributed by atoms with Crippen LogP contribution in [0.15, 0.2) is 36.5 Å². The number of benzene rings is 1. The molecular weight excluding hydrogens is 547 g/mol. The van der Waals surface area contributed by atoms with E-state index in [0.29, 0.717) is 50.3 Å². The molecule has 5 rings (SSSR count). The van der Waals surface area contributed by atoms with Gasteiger partial charge in [0, 0.05) is 70.5 Å². The van der Waals surface area contributed by atoms with Gasteiger partial charge >= 0.3 is 6.18 Å². The first-order valence-corrected chi connectivity index (χ1v) is 14.6. The maximum Gasteiger partial charge on any atom is 0.407 e. The lowest BCUT2D eigenvalue weighted by molar-refractivity contribution is -0.136. The number of hydrogen-bond donors (Lipinski definition) is 3. The van der Waals surface area contributed by atoms with E-state index in [-0.39, 0.29) is 11.8 Å². The van der Waals surface area contributed by atoms with Crippen LogP contribution in [-0.4, -0.2) is 85.4 Å². The van der Waals surface area contributed by atoms with Crippen LogP contribution < -0.4 is 20.4 Å². The number of carbonyl (C=O) groups excluding carboxylic acids is 1. The number of aliphatic hydroxyl groups is 1. The minimum Gasteiger partial charge on any atom is -0.390 e. The number of nitrogens with one attached hydrogen (secondary N) is 2. The molecule has 12 heteroatoms. The Kier molecular flexibility index (Phi) is 9.20. The molecule has 1 aromatic carbocycles. The number of piperidine rings is 2. The van der Waals surface area contributed by atoms with Gasteiger partial charge in [0.25, 0.3) is 0 Å². The third-order valence-electron chi connectivity index (χ3n) is 8.80. The third kappa shape index (κ3) is 7.32. The fourth-order valence-corrected chi connectivity index (χ4v) is 6.05. The molecule has 1 aromatic heterocycles. The molecule has 0 bridgehead atoms. The molecule has 0 spiro atoms. The summed E-state index contributed by atoms with van der Waals surface area (Å²) in [6.45, 7) is 14.4. The van der Waals surface area contributed by atoms with Crippen LogP contribution in [0.2, 0.25) is 0 Å². The first-order chi connectivity index (χ1) is 20.1. The van der Waals surface area contributed by atoms with Crippen LogP contribution in [0, 0.1) is 12.5 Å². The smallest absolute Gasteiger partial charge is 0.390 e. The van der Waals surface area contributed by atoms with Gasteiger partial charge in [-0.3, -0.25) is 4.79 Å². The van der Waals surface area contributed by atoms with Crippen LogP contribution in [0.3, 0.4) is 0 Å². The average Bonchev–Trinajstić information content (AvgIpc) is 3.01. The quantitative estimate of drug-likeness (QED) is 0.421. The fraction of sp³-hybridized carbons (Fsp3) is 0.567. The van der Waals surface area contributed by atoms with Gasteiger partial charge in [0.15, 0.2) is 5.69 Å². The summed E-state index contributed by atoms with van der Waals surface area (Å²) in [6.07, 6.45) is 0.344. The molecule has 42 heavy (non-hydrogen) atoms. The number of rotatable bonds is 7. The van der Waals surface area contributed by atoms with Gasteiger partial charge in [0.2, 0.25) is 5.91 Å². The lowest BCUT2D eigenvalue weighted by atomic mass is 9.88. The van der Waals surface area contributed by atoms with E-state index in [1.807, 2.05) is 11.0 Å². The number of pyridine rings is 1. The minimum absolute atomic E-state index is 0.151. The first kappa shape index (κ1) is 30.1. The van der Waals surface area contributed by atoms with Gasteiger partial charge in [-0.1, -0.05) is 6.07 Å². The molecular formula is C30H38F3N7O2. The van der Waals surface area contributed by atoms with Crippen LogP contribution in [0.1, 0.15) is 37.7 Å². The predicted molar refractivity (Wildman–Crippen MR) is 156 cm³/mol. The maximum absolute atomic E-state index is 13.4. The second-order valence-electron chi connectivity index (χ2n) is 11.5. The van der Waals surface area contributed by atoms with Crippen molar-refractivity contribution in [1.29, 1.82) is 0 Å². The molecule has 2 aromatic rings. The molecule has 9 nitrogen and oxygen atoms in total. The molecule has 1 amide bonds. The summed E-state index contributed by atoms with van der Waals surface area (Å²) in [5, 5.41) is 17.3. The molecule has 3 fully saturated rings. The number of piperazine rings is 1. The van der Waals surface area contributed by atoms with E-state index in [1.54, 1.807) is 12.3 Å². The third-order valence-corrected chi connectivity index (χ3v) is 8.80. The van der Waals surface area contributed by atoms with Crippen molar-refractivity contribution < 1.29 is 23.1 Å². The Morgan fingerprint density at radius 3 is 2.33 bits per heavy atom. The van der Waals surface area contributed by atoms with Crippen LogP contribution in [0.4, 0.5) is 36.1 Å². The molecule has 3 saturated heterocycles. The van der Waals surface area contributed by atoms with Crippen LogP contribution in [-0.2, 0) is 11.0 Å². The second-order valence-corrected chi connectivity index (χ2v) is 11.5. The largest absolute Gasteiger partial charge is 0.407 e. The van der Waals surface area contributed by atoms with Gasteiger partial charge in [-0.25, -0.2) is 9.83 Å². The second kappa shape index (κ2) is 12.9. The lowest BCUT2D eigenvalue weighted by Gasteiger charge is -2.40. The molecule has 0 unspecified atom stereocenters. The summed E-state index contributed by atoms with van der Waals surface area (Å²) in [5.41, 5.74) is -0.632. The SMILES string of the molecule is [C-]#[N+]c1ccc(N2CCC(C(=O)Nc3ccc(N4CCC(O)(CCN5CCNCC5)CC4)cn3)CC2)cc1C(F)(F)F. The van der Waals surface area contributed by atoms with Crippen molar-refractivity contribution in [3.05, 3.63) is 53.5 Å². The number of aromatic nitrogens is 1. The summed E-state index contributed by atoms with van der Waals surface area (Å²) in [5.74, 6) is 0.0373. The van der Waals surface area contributed by atoms with Gasteiger partial charge < -0.3 is 30.4 Å². The van der Waals surface area contributed by atoms with E-state index >= 15 is 0 Å². The first-order valence-electron chi connectivity index (χ1n) is 14.6. The van der Waals surface area contributed by atoms with Gasteiger partial charge in [0.05, 0.1) is 29.6 Å². The molecule has 0 radical (unpaired) electrons. The fourth-order valence-electron chi connectivity index (χ4n) is 6.05. The standard InChI is InChI=1S/C30H38F3N7O2/c1-34-26-4-2-23(20-25(26)30(31,32)33)39-13-6-22(7-14-39)28(41)37-27-5-3-24(21-36-27)40-16-9-29(42,10-17-40)8-15-38-18-11-35-12-19-38/h2-5,20-22,35,42H,6-19H2,(H,36,37,41). The number of anilines is 3. The zero-order valence-electron chi connectivity index (χ0n) is 23.7. The zero-order valence-corrected chi connectivity index (χ0v) is 23.7. The van der Waals surface area contributed by atoms with Gasteiger partial charge in [-0.2, -0.15) is 13.2 Å². The molecule has 0 atom stereocenters. The van der Waals surface area contributed by atoms with Crippen LogP contribution in [0.5, 0.6) is 0 Å². The summed E-state index contributed by atoms with van der Waals surface area (Å²) >= 11 is 0. The minimum atomic E-state index is -4.60. The zero-order chi connectivity index (χ0) is 29.7. The number of carbonyl (C=O) groups is 1. The van der Waals surface area contributed by atoms with Crippen molar-refractivity contribution in [2.24, 2.45) is 5.92 Å². The van der Waals surface area contributed by atoms with E-state index in [0.717, 1.165) is 64.0 Å². The van der Waals surface area contributed by atoms with E-state index in [2.05, 4.69) is 30.3 Å². The predicted octanol–water partition coefficient (Wildman–Crippen LogP) is 4.13. The Morgan fingerprint density at radius 2 is 1.71 bits per heavy atom. The molecule has 0 saturated carbocycles. The van der Waals surface area contributed by atoms with Crippen molar-refractivity contribution in [2.45, 2.75) is 43.9 Å². The van der Waals surface area contributed by atoms with Gasteiger partial charge in [-0.15, -0.1) is 0 Å². The van der Waals surface area contributed by atoms with Crippen molar-refractivity contribution in [1.82, 2.24) is 15.2 Å². The maximum atomic E-state index is 13.4. The molecule has 226 valence electrons. The highest BCUT2D eigenvalue weighted by atomic mass is 19.4. The Balaban J connectivity index is 1.08. The number of amides is 1. The lowest BCUT2D eigenvalue weighted by Crippen LogP contribution is -2.48. The van der Waals surface area contributed by atoms with Crippen molar-refractivity contribution in [2.75, 3.05) is 74.0 Å². The molecule has 0 aliphatic carbocycles.